The average molecular weight is 311 g/mol. The largest absolute Gasteiger partial charge is 0.372 e. The molecule has 0 unspecified atom stereocenters. The molecule has 1 saturated heterocycles. The third-order valence-corrected chi connectivity index (χ3v) is 4.07. The van der Waals surface area contributed by atoms with Gasteiger partial charge in [0.2, 0.25) is 0 Å². The zero-order valence-electron chi connectivity index (χ0n) is 13.2. The van der Waals surface area contributed by atoms with Crippen LogP contribution in [0.3, 0.4) is 0 Å². The SMILES string of the molecule is O=C(C[NH2+]C[C@H]1CCCO1)Nc1ccccc1-c1ccccc1. The number of benzene rings is 2. The first kappa shape index (κ1) is 15.7. The molecule has 4 heteroatoms. The van der Waals surface area contributed by atoms with Gasteiger partial charge in [0.25, 0.3) is 5.91 Å². The molecule has 1 atom stereocenters. The van der Waals surface area contributed by atoms with Gasteiger partial charge < -0.3 is 15.4 Å². The van der Waals surface area contributed by atoms with E-state index in [4.69, 9.17) is 4.74 Å². The Bertz CT molecular complexity index is 637. The summed E-state index contributed by atoms with van der Waals surface area (Å²) in [6.07, 6.45) is 2.55. The lowest BCUT2D eigenvalue weighted by atomic mass is 10.0. The van der Waals surface area contributed by atoms with Crippen molar-refractivity contribution >= 4 is 11.6 Å². The minimum atomic E-state index is 0.0198. The molecule has 0 aromatic heterocycles. The molecule has 2 aromatic carbocycles. The Morgan fingerprint density at radius 2 is 1.91 bits per heavy atom. The highest BCUT2D eigenvalue weighted by molar-refractivity contribution is 5.95. The van der Waals surface area contributed by atoms with E-state index >= 15 is 0 Å². The number of carbonyl (C=O) groups excluding carboxylic acids is 1. The van der Waals surface area contributed by atoms with Gasteiger partial charge in [-0.25, -0.2) is 0 Å². The van der Waals surface area contributed by atoms with Gasteiger partial charge >= 0.3 is 0 Å². The maximum Gasteiger partial charge on any atom is 0.279 e. The highest BCUT2D eigenvalue weighted by Crippen LogP contribution is 2.27. The molecular formula is C19H23N2O2+. The van der Waals surface area contributed by atoms with Crippen molar-refractivity contribution in [1.82, 2.24) is 0 Å². The third-order valence-electron chi connectivity index (χ3n) is 4.07. The number of ether oxygens (including phenoxy) is 1. The van der Waals surface area contributed by atoms with Crippen LogP contribution < -0.4 is 10.6 Å². The van der Waals surface area contributed by atoms with Crippen LogP contribution in [-0.2, 0) is 9.53 Å². The second kappa shape index (κ2) is 7.90. The Labute approximate surface area is 136 Å². The molecular weight excluding hydrogens is 288 g/mol. The lowest BCUT2D eigenvalue weighted by Gasteiger charge is -2.11. The molecule has 4 nitrogen and oxygen atoms in total. The summed E-state index contributed by atoms with van der Waals surface area (Å²) >= 11 is 0. The fourth-order valence-corrected chi connectivity index (χ4v) is 2.89. The van der Waals surface area contributed by atoms with E-state index in [0.29, 0.717) is 12.6 Å². The number of para-hydroxylation sites is 1. The normalized spacial score (nSPS) is 17.1. The van der Waals surface area contributed by atoms with Crippen molar-refractivity contribution in [2.45, 2.75) is 18.9 Å². The molecule has 1 amide bonds. The predicted molar refractivity (Wildman–Crippen MR) is 91.1 cm³/mol. The summed E-state index contributed by atoms with van der Waals surface area (Å²) < 4.78 is 5.57. The standard InChI is InChI=1S/C19H22N2O2/c22-19(14-20-13-16-9-6-12-23-16)21-18-11-5-4-10-17(18)15-7-2-1-3-8-15/h1-5,7-8,10-11,16,20H,6,9,12-14H2,(H,21,22)/p+1/t16-/m1/s1. The van der Waals surface area contributed by atoms with E-state index in [-0.39, 0.29) is 5.91 Å². The zero-order chi connectivity index (χ0) is 15.9. The highest BCUT2D eigenvalue weighted by Gasteiger charge is 2.17. The minimum absolute atomic E-state index is 0.0198. The van der Waals surface area contributed by atoms with Crippen LogP contribution in [0.2, 0.25) is 0 Å². The molecule has 23 heavy (non-hydrogen) atoms. The summed E-state index contributed by atoms with van der Waals surface area (Å²) in [6, 6.07) is 18.0. The topological polar surface area (TPSA) is 54.9 Å². The van der Waals surface area contributed by atoms with Crippen LogP contribution in [0.1, 0.15) is 12.8 Å². The molecule has 2 aromatic rings. The van der Waals surface area contributed by atoms with Crippen LogP contribution in [0.5, 0.6) is 0 Å². The average Bonchev–Trinajstić information content (AvgIpc) is 3.09. The van der Waals surface area contributed by atoms with Gasteiger partial charge in [-0.1, -0.05) is 48.5 Å². The summed E-state index contributed by atoms with van der Waals surface area (Å²) in [5.41, 5.74) is 3.00. The Morgan fingerprint density at radius 1 is 1.13 bits per heavy atom. The molecule has 1 fully saturated rings. The third kappa shape index (κ3) is 4.41. The van der Waals surface area contributed by atoms with E-state index < -0.39 is 0 Å². The van der Waals surface area contributed by atoms with E-state index in [0.717, 1.165) is 42.8 Å². The number of rotatable bonds is 6. The van der Waals surface area contributed by atoms with E-state index in [1.54, 1.807) is 0 Å². The number of nitrogens with one attached hydrogen (secondary N) is 1. The van der Waals surface area contributed by atoms with Crippen molar-refractivity contribution < 1.29 is 14.8 Å². The Balaban J connectivity index is 1.58. The number of quaternary nitrogens is 1. The van der Waals surface area contributed by atoms with Crippen LogP contribution >= 0.6 is 0 Å². The quantitative estimate of drug-likeness (QED) is 0.858. The van der Waals surface area contributed by atoms with Crippen molar-refractivity contribution in [3.8, 4) is 11.1 Å². The van der Waals surface area contributed by atoms with Crippen molar-refractivity contribution in [1.29, 1.82) is 0 Å². The second-order valence-electron chi connectivity index (χ2n) is 5.82. The molecule has 0 spiro atoms. The number of hydrogen-bond acceptors (Lipinski definition) is 2. The summed E-state index contributed by atoms with van der Waals surface area (Å²) in [5.74, 6) is 0.0198. The minimum Gasteiger partial charge on any atom is -0.372 e. The monoisotopic (exact) mass is 311 g/mol. The first-order valence-electron chi connectivity index (χ1n) is 8.20. The van der Waals surface area contributed by atoms with Gasteiger partial charge in [-0.3, -0.25) is 4.79 Å². The van der Waals surface area contributed by atoms with Gasteiger partial charge in [-0.2, -0.15) is 0 Å². The first-order valence-corrected chi connectivity index (χ1v) is 8.20. The second-order valence-corrected chi connectivity index (χ2v) is 5.82. The molecule has 1 aliphatic rings. The maximum absolute atomic E-state index is 12.2. The summed E-state index contributed by atoms with van der Waals surface area (Å²) in [4.78, 5) is 12.2. The number of hydrogen-bond donors (Lipinski definition) is 2. The summed E-state index contributed by atoms with van der Waals surface area (Å²) in [7, 11) is 0. The van der Waals surface area contributed by atoms with E-state index in [2.05, 4.69) is 17.4 Å². The maximum atomic E-state index is 12.2. The molecule has 0 radical (unpaired) electrons. The first-order chi connectivity index (χ1) is 11.3. The van der Waals surface area contributed by atoms with Gasteiger partial charge in [0.1, 0.15) is 12.6 Å². The lowest BCUT2D eigenvalue weighted by molar-refractivity contribution is -0.649. The Morgan fingerprint density at radius 3 is 2.70 bits per heavy atom. The van der Waals surface area contributed by atoms with Gasteiger partial charge in [0.05, 0.1) is 0 Å². The van der Waals surface area contributed by atoms with E-state index in [9.17, 15) is 4.79 Å². The van der Waals surface area contributed by atoms with Crippen molar-refractivity contribution in [2.75, 3.05) is 25.0 Å². The van der Waals surface area contributed by atoms with Crippen LogP contribution in [0.4, 0.5) is 5.69 Å². The molecule has 0 bridgehead atoms. The molecule has 0 saturated carbocycles. The van der Waals surface area contributed by atoms with E-state index in [1.807, 2.05) is 47.8 Å². The number of anilines is 1. The molecule has 1 aliphatic heterocycles. The van der Waals surface area contributed by atoms with Crippen LogP contribution in [0, 0.1) is 0 Å². The number of amides is 1. The molecule has 3 rings (SSSR count). The predicted octanol–water partition coefficient (Wildman–Crippen LogP) is 2.03. The lowest BCUT2D eigenvalue weighted by Crippen LogP contribution is -2.88. The van der Waals surface area contributed by atoms with Crippen LogP contribution in [0.15, 0.2) is 54.6 Å². The molecule has 0 aliphatic carbocycles. The zero-order valence-corrected chi connectivity index (χ0v) is 13.2. The van der Waals surface area contributed by atoms with Crippen LogP contribution in [0.25, 0.3) is 11.1 Å². The van der Waals surface area contributed by atoms with Crippen molar-refractivity contribution in [3.63, 3.8) is 0 Å². The summed E-state index contributed by atoms with van der Waals surface area (Å²) in [5, 5.41) is 5.05. The molecule has 1 heterocycles. The number of carbonyl (C=O) groups is 1. The van der Waals surface area contributed by atoms with Gasteiger partial charge in [-0.15, -0.1) is 0 Å². The van der Waals surface area contributed by atoms with Crippen molar-refractivity contribution in [3.05, 3.63) is 54.6 Å². The Kier molecular flexibility index (Phi) is 5.40. The van der Waals surface area contributed by atoms with Crippen molar-refractivity contribution in [2.24, 2.45) is 0 Å². The fourth-order valence-electron chi connectivity index (χ4n) is 2.89. The molecule has 120 valence electrons. The molecule has 3 N–H and O–H groups in total. The number of nitrogens with two attached hydrogens (primary N) is 1. The summed E-state index contributed by atoms with van der Waals surface area (Å²) in [6.45, 7) is 2.13. The van der Waals surface area contributed by atoms with Gasteiger partial charge in [0.15, 0.2) is 6.54 Å². The fraction of sp³-hybridized carbons (Fsp3) is 0.316. The van der Waals surface area contributed by atoms with Gasteiger partial charge in [0, 0.05) is 17.9 Å². The Hall–Kier alpha value is -2.17. The van der Waals surface area contributed by atoms with E-state index in [1.165, 1.54) is 0 Å². The smallest absolute Gasteiger partial charge is 0.279 e. The highest BCUT2D eigenvalue weighted by atomic mass is 16.5. The van der Waals surface area contributed by atoms with Crippen LogP contribution in [-0.4, -0.2) is 31.7 Å². The van der Waals surface area contributed by atoms with Gasteiger partial charge in [-0.05, 0) is 24.5 Å².